The van der Waals surface area contributed by atoms with Crippen LogP contribution in [0.15, 0.2) is 182 Å². The van der Waals surface area contributed by atoms with Crippen LogP contribution in [0, 0.1) is 34.0 Å². The summed E-state index contributed by atoms with van der Waals surface area (Å²) in [6.07, 6.45) is 11.1. The maximum absolute atomic E-state index is 11.7. The molecule has 6 aromatic heterocycles. The zero-order chi connectivity index (χ0) is 76.3. The van der Waals surface area contributed by atoms with E-state index in [2.05, 4.69) is 147 Å². The van der Waals surface area contributed by atoms with Gasteiger partial charge in [-0.2, -0.15) is 15.8 Å². The predicted octanol–water partition coefficient (Wildman–Crippen LogP) is 13.1. The molecular weight excluding hydrogens is 1410 g/mol. The number of nitriles is 3. The summed E-state index contributed by atoms with van der Waals surface area (Å²) in [4.78, 5) is 47.2. The molecule has 6 N–H and O–H groups in total. The Morgan fingerprint density at radius 1 is 0.482 bits per heavy atom. The number of carbonyl (C=O) groups excluding carboxylic acids is 1. The van der Waals surface area contributed by atoms with E-state index >= 15 is 0 Å². The van der Waals surface area contributed by atoms with Crippen LogP contribution in [0.1, 0.15) is 55.2 Å². The molecule has 23 nitrogen and oxygen atoms in total. The molecule has 0 atom stereocenters. The lowest BCUT2D eigenvalue weighted by Gasteiger charge is -2.38. The number of anilines is 3. The van der Waals surface area contributed by atoms with Crippen LogP contribution in [0.5, 0.6) is 17.2 Å². The van der Waals surface area contributed by atoms with E-state index in [0.717, 1.165) is 189 Å². The van der Waals surface area contributed by atoms with Crippen molar-refractivity contribution >= 4 is 55.7 Å². The van der Waals surface area contributed by atoms with Crippen LogP contribution in [0.3, 0.4) is 0 Å². The van der Waals surface area contributed by atoms with Gasteiger partial charge in [-0.25, -0.2) is 0 Å². The smallest absolute Gasteiger partial charge is 0.248 e. The molecule has 0 aliphatic carbocycles. The third-order valence-corrected chi connectivity index (χ3v) is 21.9. The largest absolute Gasteiger partial charge is 0.492 e. The van der Waals surface area contributed by atoms with Crippen LogP contribution in [0.4, 0.5) is 17.1 Å². The highest BCUT2D eigenvalue weighted by Crippen LogP contribution is 2.39. The molecule has 568 valence electrons. The van der Waals surface area contributed by atoms with Crippen molar-refractivity contribution in [3.8, 4) is 103 Å². The van der Waals surface area contributed by atoms with E-state index < -0.39 is 6.61 Å². The third-order valence-electron chi connectivity index (χ3n) is 21.9. The molecule has 0 radical (unpaired) electrons. The van der Waals surface area contributed by atoms with Crippen LogP contribution in [-0.4, -0.2) is 199 Å². The number of hydrogen-bond donors (Lipinski definition) is 6. The summed E-state index contributed by atoms with van der Waals surface area (Å²) in [5.41, 5.74) is 19.3. The molecule has 12 heterocycles. The van der Waals surface area contributed by atoms with Crippen molar-refractivity contribution in [2.45, 2.75) is 56.8 Å². The highest BCUT2D eigenvalue weighted by Gasteiger charge is 2.28. The summed E-state index contributed by atoms with van der Waals surface area (Å²) >= 11 is 0. The third kappa shape index (κ3) is 16.8. The summed E-state index contributed by atoms with van der Waals surface area (Å²) in [6.45, 7) is 14.3. The number of piperazine rings is 2. The lowest BCUT2D eigenvalue weighted by molar-refractivity contribution is -0.134. The molecule has 12 aromatic rings. The zero-order valence-corrected chi connectivity index (χ0v) is 62.5. The van der Waals surface area contributed by atoms with Crippen molar-refractivity contribution in [1.82, 2.24) is 45.0 Å². The Bertz CT molecular complexity index is 5410. The molecule has 6 aromatic carbocycles. The summed E-state index contributed by atoms with van der Waals surface area (Å²) in [5, 5.41) is 54.6. The van der Waals surface area contributed by atoms with E-state index in [0.29, 0.717) is 87.4 Å². The maximum Gasteiger partial charge on any atom is 0.248 e. The number of likely N-dealkylation sites (tertiary alicyclic amines) is 1. The van der Waals surface area contributed by atoms with Gasteiger partial charge in [0.2, 0.25) is 5.91 Å². The number of pyridine rings is 3. The monoisotopic (exact) mass is 1500 g/mol. The van der Waals surface area contributed by atoms with Crippen LogP contribution in [-0.2, 0) is 14.3 Å². The lowest BCUT2D eigenvalue weighted by atomic mass is 10.0. The van der Waals surface area contributed by atoms with Gasteiger partial charge in [0.15, 0.2) is 0 Å². The number of aromatic nitrogens is 6. The average molecular weight is 1500 g/mol. The van der Waals surface area contributed by atoms with Crippen molar-refractivity contribution < 1.29 is 38.7 Å². The molecule has 0 bridgehead atoms. The fourth-order valence-electron chi connectivity index (χ4n) is 15.7. The molecule has 0 saturated carbocycles. The molecule has 18 rings (SSSR count). The van der Waals surface area contributed by atoms with Crippen LogP contribution in [0.2, 0.25) is 0 Å². The predicted molar refractivity (Wildman–Crippen MR) is 434 cm³/mol. The Morgan fingerprint density at radius 2 is 0.902 bits per heavy atom. The Labute approximate surface area is 650 Å². The molecule has 23 heteroatoms. The highest BCUT2D eigenvalue weighted by atomic mass is 16.5. The molecule has 0 unspecified atom stereocenters. The molecule has 6 aliphatic rings. The lowest BCUT2D eigenvalue weighted by Crippen LogP contribution is -2.51. The first-order chi connectivity index (χ1) is 55.1. The first kappa shape index (κ1) is 74.0. The number of benzene rings is 6. The normalized spacial score (nSPS) is 16.4. The second kappa shape index (κ2) is 34.4. The summed E-state index contributed by atoms with van der Waals surface area (Å²) in [6, 6.07) is 61.8. The van der Waals surface area contributed by atoms with Gasteiger partial charge in [-0.1, -0.05) is 30.3 Å². The minimum absolute atomic E-state index is 0.0620. The number of aliphatic hydroxyl groups excluding tert-OH is 2. The Hall–Kier alpha value is -12.1. The number of nitrogens with one attached hydrogen (secondary N) is 4. The number of rotatable bonds is 18. The van der Waals surface area contributed by atoms with E-state index in [1.165, 1.54) is 31.6 Å². The van der Waals surface area contributed by atoms with Crippen molar-refractivity contribution in [3.05, 3.63) is 199 Å². The standard InChI is InChI=1S/C31H31N5O4.2C29H29N5O2/c32-19-23-17-22(3-6-29(23)40-25-8-15-39-16-9-25)31-26-18-28(34-27(26)7-10-33-31)21-1-4-24(5-2-21)35-11-13-36(14-12-35)30(38)20-37;30-19-22-17-21(3-6-28(22)36-24-8-15-35-16-9-24)29-25-18-27(33-26(25)7-10-32-29)20-1-4-23(5-2-20)34-13-11-31-12-14-34;30-17-22-15-21(5-8-28(22)34-18-23(35)19-34)29-25-16-27(32-26(25)9-10-31-29)20-3-6-24(7-4-20)36-14-13-33-11-1-2-12-33/h1-7,10,17-18,25,34,37H,8-9,11-16,20H2;1-7,10,17-18,24,31,33H,8-9,11-16H2;3-10,15-16,23,32,35H,1-2,11-14,18-19H2. The number of aromatic amines is 3. The van der Waals surface area contributed by atoms with Crippen LogP contribution < -0.4 is 34.2 Å². The summed E-state index contributed by atoms with van der Waals surface area (Å²) in [5.74, 6) is 1.89. The van der Waals surface area contributed by atoms with Crippen molar-refractivity contribution in [3.63, 3.8) is 0 Å². The number of carbonyl (C=O) groups is 1. The highest BCUT2D eigenvalue weighted by molar-refractivity contribution is 5.99. The SMILES string of the molecule is N#Cc1cc(-c2nccc3[nH]c(-c4ccc(N5CCN(C(=O)CO)CC5)cc4)cc23)ccc1OC1CCOCC1.N#Cc1cc(-c2nccc3[nH]c(-c4ccc(N5CCNCC5)cc4)cc23)ccc1OC1CCOCC1.N#Cc1cc(-c2nccc3[nH]c(-c4ccc(OCCN5CCCC5)cc4)cc23)ccc1N1CC(O)C1. The molecule has 6 fully saturated rings. The Morgan fingerprint density at radius 3 is 1.34 bits per heavy atom. The minimum atomic E-state index is -0.438. The van der Waals surface area contributed by atoms with Gasteiger partial charge in [-0.05, 0) is 176 Å². The number of nitrogens with zero attached hydrogens (tertiary/aromatic N) is 11. The number of fused-ring (bicyclic) bond motifs is 3. The van der Waals surface area contributed by atoms with Crippen molar-refractivity contribution in [1.29, 1.82) is 15.8 Å². The number of ether oxygens (including phenoxy) is 5. The quantitative estimate of drug-likeness (QED) is 0.0465. The topological polar surface area (TPSA) is 289 Å². The van der Waals surface area contributed by atoms with Crippen molar-refractivity contribution in [2.75, 3.05) is 139 Å². The number of amides is 1. The van der Waals surface area contributed by atoms with E-state index in [-0.39, 0.29) is 24.2 Å². The van der Waals surface area contributed by atoms with Gasteiger partial charge in [0, 0.05) is 194 Å². The van der Waals surface area contributed by atoms with Crippen LogP contribution in [0.25, 0.3) is 100 Å². The minimum Gasteiger partial charge on any atom is -0.492 e. The Balaban J connectivity index is 0.000000127. The van der Waals surface area contributed by atoms with Gasteiger partial charge < -0.3 is 73.8 Å². The fourth-order valence-corrected chi connectivity index (χ4v) is 15.7. The van der Waals surface area contributed by atoms with Gasteiger partial charge >= 0.3 is 0 Å². The zero-order valence-electron chi connectivity index (χ0n) is 62.5. The summed E-state index contributed by atoms with van der Waals surface area (Å²) < 4.78 is 29.1. The number of β-amino-alcohol motifs (C(OH)–C–C–N with tert-alkyl or cyclic N) is 1. The molecule has 1 amide bonds. The molecule has 0 spiro atoms. The Kier molecular flexibility index (Phi) is 22.8. The van der Waals surface area contributed by atoms with E-state index in [1.54, 1.807) is 17.3 Å². The molecule has 6 aliphatic heterocycles. The van der Waals surface area contributed by atoms with Gasteiger partial charge in [0.05, 0.1) is 72.0 Å². The van der Waals surface area contributed by atoms with E-state index in [1.807, 2.05) is 96.0 Å². The fraction of sp³-hybridized carbons (Fsp3) is 0.315. The van der Waals surface area contributed by atoms with E-state index in [9.17, 15) is 25.7 Å². The first-order valence-electron chi connectivity index (χ1n) is 38.8. The van der Waals surface area contributed by atoms with Gasteiger partial charge in [0.25, 0.3) is 0 Å². The number of H-pyrrole nitrogens is 3. The maximum atomic E-state index is 11.7. The van der Waals surface area contributed by atoms with E-state index in [4.69, 9.17) is 28.8 Å². The number of aliphatic hydroxyl groups is 2. The van der Waals surface area contributed by atoms with Crippen LogP contribution >= 0.6 is 0 Å². The van der Waals surface area contributed by atoms with Gasteiger partial charge in [-0.3, -0.25) is 24.6 Å². The molecule has 6 saturated heterocycles. The van der Waals surface area contributed by atoms with Gasteiger partial charge in [0.1, 0.15) is 60.9 Å². The average Bonchev–Trinajstić information content (AvgIpc) is 1.75. The van der Waals surface area contributed by atoms with Gasteiger partial charge in [-0.15, -0.1) is 0 Å². The van der Waals surface area contributed by atoms with Crippen molar-refractivity contribution in [2.24, 2.45) is 0 Å². The molecule has 112 heavy (non-hydrogen) atoms. The second-order valence-electron chi connectivity index (χ2n) is 29.1. The molecular formula is C89H89N15O8. The number of hydrogen-bond acceptors (Lipinski definition) is 19. The first-order valence-corrected chi connectivity index (χ1v) is 38.8. The second-order valence-corrected chi connectivity index (χ2v) is 29.1. The summed E-state index contributed by atoms with van der Waals surface area (Å²) in [7, 11) is 0.